The average Bonchev–Trinajstić information content (AvgIpc) is 2.74. The van der Waals surface area contributed by atoms with Crippen molar-refractivity contribution >= 4 is 5.82 Å². The Hall–Kier alpha value is -1.88. The number of hydrogen-bond donors (Lipinski definition) is 1. The zero-order chi connectivity index (χ0) is 13.8. The summed E-state index contributed by atoms with van der Waals surface area (Å²) in [5.41, 5.74) is 0.932. The van der Waals surface area contributed by atoms with E-state index in [0.29, 0.717) is 6.61 Å². The maximum Gasteiger partial charge on any atom is 0.130 e. The van der Waals surface area contributed by atoms with E-state index in [1.54, 1.807) is 7.11 Å². The van der Waals surface area contributed by atoms with Gasteiger partial charge in [-0.25, -0.2) is 9.97 Å². The Labute approximate surface area is 113 Å². The van der Waals surface area contributed by atoms with E-state index in [1.165, 1.54) is 0 Å². The number of furan rings is 1. The van der Waals surface area contributed by atoms with E-state index in [-0.39, 0.29) is 6.04 Å². The molecule has 0 saturated carbocycles. The van der Waals surface area contributed by atoms with E-state index in [9.17, 15) is 0 Å². The van der Waals surface area contributed by atoms with Crippen LogP contribution in [-0.4, -0.2) is 23.7 Å². The van der Waals surface area contributed by atoms with Crippen LogP contribution in [0, 0.1) is 20.8 Å². The number of hydrogen-bond acceptors (Lipinski definition) is 5. The third-order valence-corrected chi connectivity index (χ3v) is 2.73. The SMILES string of the molecule is COC[C@H](Nc1cc(C)nc(C)n1)c1ccc(C)o1. The van der Waals surface area contributed by atoms with Crippen molar-refractivity contribution in [3.05, 3.63) is 41.2 Å². The minimum absolute atomic E-state index is 0.0626. The summed E-state index contributed by atoms with van der Waals surface area (Å²) in [7, 11) is 1.67. The van der Waals surface area contributed by atoms with Crippen molar-refractivity contribution < 1.29 is 9.15 Å². The topological polar surface area (TPSA) is 60.2 Å². The molecule has 1 atom stereocenters. The highest BCUT2D eigenvalue weighted by Gasteiger charge is 2.16. The van der Waals surface area contributed by atoms with Gasteiger partial charge in [0.05, 0.1) is 6.61 Å². The van der Waals surface area contributed by atoms with Crippen LogP contribution >= 0.6 is 0 Å². The summed E-state index contributed by atoms with van der Waals surface area (Å²) in [5.74, 6) is 3.25. The fourth-order valence-corrected chi connectivity index (χ4v) is 1.97. The number of nitrogens with one attached hydrogen (secondary N) is 1. The van der Waals surface area contributed by atoms with Crippen LogP contribution in [0.15, 0.2) is 22.6 Å². The van der Waals surface area contributed by atoms with E-state index in [0.717, 1.165) is 28.9 Å². The number of anilines is 1. The van der Waals surface area contributed by atoms with Crippen molar-refractivity contribution in [3.8, 4) is 0 Å². The van der Waals surface area contributed by atoms with Gasteiger partial charge in [0, 0.05) is 18.9 Å². The number of methoxy groups -OCH3 is 1. The molecular formula is C14H19N3O2. The first kappa shape index (κ1) is 13.5. The third-order valence-electron chi connectivity index (χ3n) is 2.73. The number of aryl methyl sites for hydroxylation is 3. The highest BCUT2D eigenvalue weighted by molar-refractivity contribution is 5.38. The molecule has 0 aromatic carbocycles. The van der Waals surface area contributed by atoms with Crippen molar-refractivity contribution in [2.45, 2.75) is 26.8 Å². The van der Waals surface area contributed by atoms with Crippen molar-refractivity contribution in [2.75, 3.05) is 19.0 Å². The van der Waals surface area contributed by atoms with Crippen molar-refractivity contribution in [2.24, 2.45) is 0 Å². The molecule has 5 nitrogen and oxygen atoms in total. The highest BCUT2D eigenvalue weighted by Crippen LogP contribution is 2.21. The molecule has 19 heavy (non-hydrogen) atoms. The van der Waals surface area contributed by atoms with E-state index in [4.69, 9.17) is 9.15 Å². The summed E-state index contributed by atoms with van der Waals surface area (Å²) in [6.07, 6.45) is 0. The maximum absolute atomic E-state index is 5.64. The monoisotopic (exact) mass is 261 g/mol. The molecule has 2 aromatic heterocycles. The Kier molecular flexibility index (Phi) is 4.16. The van der Waals surface area contributed by atoms with Crippen LogP contribution < -0.4 is 5.32 Å². The average molecular weight is 261 g/mol. The van der Waals surface area contributed by atoms with Crippen LogP contribution in [-0.2, 0) is 4.74 Å². The first-order chi connectivity index (χ1) is 9.08. The molecular weight excluding hydrogens is 242 g/mol. The summed E-state index contributed by atoms with van der Waals surface area (Å²) in [5, 5.41) is 3.32. The predicted molar refractivity (Wildman–Crippen MR) is 73.2 cm³/mol. The molecule has 102 valence electrons. The molecule has 0 aliphatic carbocycles. The Balaban J connectivity index is 2.20. The predicted octanol–water partition coefficient (Wildman–Crippen LogP) is 2.79. The lowest BCUT2D eigenvalue weighted by Gasteiger charge is -2.16. The summed E-state index contributed by atoms with van der Waals surface area (Å²) >= 11 is 0. The Morgan fingerprint density at radius 2 is 2.05 bits per heavy atom. The second-order valence-electron chi connectivity index (χ2n) is 4.54. The van der Waals surface area contributed by atoms with Crippen LogP contribution in [0.25, 0.3) is 0 Å². The molecule has 0 saturated heterocycles. The Bertz CT molecular complexity index is 531. The molecule has 0 unspecified atom stereocenters. The zero-order valence-corrected chi connectivity index (χ0v) is 11.7. The summed E-state index contributed by atoms with van der Waals surface area (Å²) in [4.78, 5) is 8.63. The van der Waals surface area contributed by atoms with Gasteiger partial charge in [0.15, 0.2) is 0 Å². The van der Waals surface area contributed by atoms with Gasteiger partial charge in [0.1, 0.15) is 29.2 Å². The summed E-state index contributed by atoms with van der Waals surface area (Å²) in [6.45, 7) is 6.25. The van der Waals surface area contributed by atoms with Gasteiger partial charge in [-0.1, -0.05) is 0 Å². The van der Waals surface area contributed by atoms with Gasteiger partial charge in [-0.2, -0.15) is 0 Å². The lowest BCUT2D eigenvalue weighted by atomic mass is 10.2. The van der Waals surface area contributed by atoms with Crippen LogP contribution in [0.4, 0.5) is 5.82 Å². The van der Waals surface area contributed by atoms with Gasteiger partial charge in [-0.05, 0) is 32.9 Å². The Morgan fingerprint density at radius 3 is 2.63 bits per heavy atom. The molecule has 1 N–H and O–H groups in total. The van der Waals surface area contributed by atoms with E-state index >= 15 is 0 Å². The molecule has 2 aromatic rings. The number of aromatic nitrogens is 2. The molecule has 0 amide bonds. The van der Waals surface area contributed by atoms with Crippen molar-refractivity contribution in [1.29, 1.82) is 0 Å². The zero-order valence-electron chi connectivity index (χ0n) is 11.7. The third kappa shape index (κ3) is 3.54. The first-order valence-corrected chi connectivity index (χ1v) is 6.22. The lowest BCUT2D eigenvalue weighted by molar-refractivity contribution is 0.178. The van der Waals surface area contributed by atoms with Crippen LogP contribution in [0.5, 0.6) is 0 Å². The van der Waals surface area contributed by atoms with Crippen molar-refractivity contribution in [3.63, 3.8) is 0 Å². The smallest absolute Gasteiger partial charge is 0.130 e. The Morgan fingerprint density at radius 1 is 1.26 bits per heavy atom. The summed E-state index contributed by atoms with van der Waals surface area (Å²) < 4.78 is 10.9. The normalized spacial score (nSPS) is 12.4. The highest BCUT2D eigenvalue weighted by atomic mass is 16.5. The molecule has 0 bridgehead atoms. The van der Waals surface area contributed by atoms with Crippen LogP contribution in [0.1, 0.15) is 29.1 Å². The molecule has 0 fully saturated rings. The van der Waals surface area contributed by atoms with Gasteiger partial charge in [0.25, 0.3) is 0 Å². The molecule has 0 radical (unpaired) electrons. The van der Waals surface area contributed by atoms with E-state index in [1.807, 2.05) is 39.0 Å². The fourth-order valence-electron chi connectivity index (χ4n) is 1.97. The van der Waals surface area contributed by atoms with Gasteiger partial charge in [-0.15, -0.1) is 0 Å². The number of rotatable bonds is 5. The molecule has 0 spiro atoms. The largest absolute Gasteiger partial charge is 0.464 e. The van der Waals surface area contributed by atoms with Crippen LogP contribution in [0.3, 0.4) is 0 Å². The standard InChI is InChI=1S/C14H19N3O2/c1-9-7-14(16-11(3)15-9)17-12(8-18-4)13-6-5-10(2)19-13/h5-7,12H,8H2,1-4H3,(H,15,16,17)/t12-/m0/s1. The van der Waals surface area contributed by atoms with E-state index in [2.05, 4.69) is 15.3 Å². The molecule has 2 heterocycles. The fraction of sp³-hybridized carbons (Fsp3) is 0.429. The number of ether oxygens (including phenoxy) is 1. The second kappa shape index (κ2) is 5.84. The van der Waals surface area contributed by atoms with Crippen LogP contribution in [0.2, 0.25) is 0 Å². The first-order valence-electron chi connectivity index (χ1n) is 6.22. The van der Waals surface area contributed by atoms with Gasteiger partial charge in [0.2, 0.25) is 0 Å². The molecule has 5 heteroatoms. The number of nitrogens with zero attached hydrogens (tertiary/aromatic N) is 2. The van der Waals surface area contributed by atoms with E-state index < -0.39 is 0 Å². The quantitative estimate of drug-likeness (QED) is 0.896. The van der Waals surface area contributed by atoms with Gasteiger partial charge < -0.3 is 14.5 Å². The van der Waals surface area contributed by atoms with Gasteiger partial charge >= 0.3 is 0 Å². The second-order valence-corrected chi connectivity index (χ2v) is 4.54. The van der Waals surface area contributed by atoms with Gasteiger partial charge in [-0.3, -0.25) is 0 Å². The maximum atomic E-state index is 5.64. The minimum atomic E-state index is -0.0626. The molecule has 0 aliphatic heterocycles. The van der Waals surface area contributed by atoms with Crippen molar-refractivity contribution in [1.82, 2.24) is 9.97 Å². The molecule has 2 rings (SSSR count). The molecule has 0 aliphatic rings. The summed E-state index contributed by atoms with van der Waals surface area (Å²) in [6, 6.07) is 5.74. The minimum Gasteiger partial charge on any atom is -0.464 e. The lowest BCUT2D eigenvalue weighted by Crippen LogP contribution is -2.17.